The van der Waals surface area contributed by atoms with Gasteiger partial charge >= 0.3 is 17.9 Å². The van der Waals surface area contributed by atoms with Gasteiger partial charge in [-0.2, -0.15) is 0 Å². The Labute approximate surface area is 320 Å². The molecule has 298 valence electrons. The highest BCUT2D eigenvalue weighted by molar-refractivity contribution is 5.71. The first-order valence-corrected chi connectivity index (χ1v) is 21.3. The standard InChI is InChI=1S/C46H78O6/c1-4-7-10-13-16-19-22-23-25-27-30-33-36-39-45(48)51-42-43(41-50-44(47)38-35-32-29-26-21-18-15-12-9-6-3)52-46(49)40-37-34-31-28-24-20-17-14-11-8-5-2/h8,11,15,17-18,20,23,25,28,31,43H,4-7,9-10,12-14,16,19,21-22,24,26-27,29-30,32-42H2,1-3H3/b11-8-,18-15-,20-17-,25-23-,31-28-. The van der Waals surface area contributed by atoms with E-state index in [1.807, 2.05) is 0 Å². The van der Waals surface area contributed by atoms with Crippen LogP contribution in [-0.4, -0.2) is 37.2 Å². The third kappa shape index (κ3) is 38.3. The average molecular weight is 727 g/mol. The summed E-state index contributed by atoms with van der Waals surface area (Å²) in [4.78, 5) is 37.5. The van der Waals surface area contributed by atoms with Gasteiger partial charge in [0.2, 0.25) is 0 Å². The molecule has 0 fully saturated rings. The summed E-state index contributed by atoms with van der Waals surface area (Å²) in [6.45, 7) is 6.37. The van der Waals surface area contributed by atoms with Crippen LogP contribution in [-0.2, 0) is 28.6 Å². The van der Waals surface area contributed by atoms with Crippen LogP contribution in [0.15, 0.2) is 60.8 Å². The van der Waals surface area contributed by atoms with Crippen molar-refractivity contribution in [2.45, 2.75) is 200 Å². The Kier molecular flexibility index (Phi) is 38.6. The van der Waals surface area contributed by atoms with E-state index in [0.717, 1.165) is 96.3 Å². The van der Waals surface area contributed by atoms with Crippen molar-refractivity contribution in [1.29, 1.82) is 0 Å². The molecule has 1 unspecified atom stereocenters. The number of carbonyl (C=O) groups is 3. The van der Waals surface area contributed by atoms with Gasteiger partial charge in [0.1, 0.15) is 13.2 Å². The van der Waals surface area contributed by atoms with Crippen LogP contribution in [0.4, 0.5) is 0 Å². The van der Waals surface area contributed by atoms with E-state index in [1.165, 1.54) is 51.4 Å². The highest BCUT2D eigenvalue weighted by atomic mass is 16.6. The molecule has 0 N–H and O–H groups in total. The van der Waals surface area contributed by atoms with Crippen LogP contribution in [0.3, 0.4) is 0 Å². The Bertz CT molecular complexity index is 975. The summed E-state index contributed by atoms with van der Waals surface area (Å²) in [5, 5.41) is 0. The first kappa shape index (κ1) is 49.1. The minimum absolute atomic E-state index is 0.106. The molecule has 0 aromatic heterocycles. The van der Waals surface area contributed by atoms with E-state index in [1.54, 1.807) is 0 Å². The second kappa shape index (κ2) is 40.9. The lowest BCUT2D eigenvalue weighted by atomic mass is 10.1. The molecular weight excluding hydrogens is 648 g/mol. The number of hydrogen-bond acceptors (Lipinski definition) is 6. The smallest absolute Gasteiger partial charge is 0.306 e. The van der Waals surface area contributed by atoms with Crippen LogP contribution >= 0.6 is 0 Å². The molecule has 0 aliphatic carbocycles. The monoisotopic (exact) mass is 727 g/mol. The lowest BCUT2D eigenvalue weighted by molar-refractivity contribution is -0.167. The Balaban J connectivity index is 4.48. The van der Waals surface area contributed by atoms with Gasteiger partial charge in [0, 0.05) is 19.3 Å². The Morgan fingerprint density at radius 3 is 1.33 bits per heavy atom. The summed E-state index contributed by atoms with van der Waals surface area (Å²) in [5.41, 5.74) is 0. The second-order valence-corrected chi connectivity index (χ2v) is 13.9. The van der Waals surface area contributed by atoms with Crippen LogP contribution in [0.1, 0.15) is 194 Å². The summed E-state index contributed by atoms with van der Waals surface area (Å²) in [6, 6.07) is 0. The van der Waals surface area contributed by atoms with Gasteiger partial charge in [-0.1, -0.05) is 146 Å². The van der Waals surface area contributed by atoms with Crippen molar-refractivity contribution >= 4 is 17.9 Å². The molecule has 0 aliphatic rings. The molecule has 0 saturated carbocycles. The molecule has 0 spiro atoms. The number of unbranched alkanes of at least 4 members (excludes halogenated alkanes) is 16. The maximum Gasteiger partial charge on any atom is 0.306 e. The lowest BCUT2D eigenvalue weighted by Gasteiger charge is -2.18. The molecule has 0 aliphatic heterocycles. The molecule has 6 nitrogen and oxygen atoms in total. The molecule has 52 heavy (non-hydrogen) atoms. The Morgan fingerprint density at radius 1 is 0.404 bits per heavy atom. The molecule has 6 heteroatoms. The largest absolute Gasteiger partial charge is 0.462 e. The van der Waals surface area contributed by atoms with Crippen LogP contribution < -0.4 is 0 Å². The van der Waals surface area contributed by atoms with Gasteiger partial charge in [-0.3, -0.25) is 14.4 Å². The zero-order chi connectivity index (χ0) is 38.0. The van der Waals surface area contributed by atoms with E-state index < -0.39 is 6.10 Å². The van der Waals surface area contributed by atoms with Gasteiger partial charge in [0.05, 0.1) is 0 Å². The van der Waals surface area contributed by atoms with E-state index in [0.29, 0.717) is 19.3 Å². The fourth-order valence-electron chi connectivity index (χ4n) is 5.50. The van der Waals surface area contributed by atoms with Gasteiger partial charge in [-0.15, -0.1) is 0 Å². The highest BCUT2D eigenvalue weighted by Gasteiger charge is 2.19. The predicted molar refractivity (Wildman–Crippen MR) is 219 cm³/mol. The lowest BCUT2D eigenvalue weighted by Crippen LogP contribution is -2.30. The fourth-order valence-corrected chi connectivity index (χ4v) is 5.50. The number of allylic oxidation sites excluding steroid dienone is 10. The molecule has 0 bridgehead atoms. The van der Waals surface area contributed by atoms with E-state index in [-0.39, 0.29) is 37.5 Å². The van der Waals surface area contributed by atoms with Crippen molar-refractivity contribution in [2.24, 2.45) is 0 Å². The zero-order valence-corrected chi connectivity index (χ0v) is 33.8. The first-order valence-electron chi connectivity index (χ1n) is 21.3. The molecule has 1 atom stereocenters. The molecule has 0 amide bonds. The van der Waals surface area contributed by atoms with Crippen molar-refractivity contribution in [3.8, 4) is 0 Å². The normalized spacial score (nSPS) is 12.6. The predicted octanol–water partition coefficient (Wildman–Crippen LogP) is 13.4. The van der Waals surface area contributed by atoms with Crippen LogP contribution in [0, 0.1) is 0 Å². The van der Waals surface area contributed by atoms with Crippen LogP contribution in [0.2, 0.25) is 0 Å². The summed E-state index contributed by atoms with van der Waals surface area (Å²) < 4.78 is 16.6. The third-order valence-corrected chi connectivity index (χ3v) is 8.73. The van der Waals surface area contributed by atoms with Crippen molar-refractivity contribution < 1.29 is 28.6 Å². The van der Waals surface area contributed by atoms with Crippen LogP contribution in [0.5, 0.6) is 0 Å². The van der Waals surface area contributed by atoms with Crippen LogP contribution in [0.25, 0.3) is 0 Å². The van der Waals surface area contributed by atoms with Crippen molar-refractivity contribution in [2.75, 3.05) is 13.2 Å². The summed E-state index contributed by atoms with van der Waals surface area (Å²) in [5.74, 6) is -0.999. The van der Waals surface area contributed by atoms with Gasteiger partial charge in [-0.05, 0) is 89.9 Å². The fraction of sp³-hybridized carbons (Fsp3) is 0.717. The van der Waals surface area contributed by atoms with Gasteiger partial charge in [0.25, 0.3) is 0 Å². The molecule has 0 heterocycles. The van der Waals surface area contributed by atoms with E-state index in [2.05, 4.69) is 81.5 Å². The first-order chi connectivity index (χ1) is 25.5. The molecule has 0 rings (SSSR count). The maximum atomic E-state index is 12.6. The molecular formula is C46H78O6. The minimum atomic E-state index is -0.806. The Morgan fingerprint density at radius 2 is 0.788 bits per heavy atom. The van der Waals surface area contributed by atoms with E-state index >= 15 is 0 Å². The second-order valence-electron chi connectivity index (χ2n) is 13.9. The topological polar surface area (TPSA) is 78.9 Å². The van der Waals surface area contributed by atoms with Gasteiger partial charge < -0.3 is 14.2 Å². The van der Waals surface area contributed by atoms with Gasteiger partial charge in [-0.25, -0.2) is 0 Å². The summed E-state index contributed by atoms with van der Waals surface area (Å²) >= 11 is 0. The Hall–Kier alpha value is -2.89. The van der Waals surface area contributed by atoms with Crippen molar-refractivity contribution in [3.05, 3.63) is 60.8 Å². The minimum Gasteiger partial charge on any atom is -0.462 e. The third-order valence-electron chi connectivity index (χ3n) is 8.73. The number of hydrogen-bond donors (Lipinski definition) is 0. The summed E-state index contributed by atoms with van der Waals surface area (Å²) in [6.07, 6.45) is 47.9. The maximum absolute atomic E-state index is 12.6. The quantitative estimate of drug-likeness (QED) is 0.0274. The number of carbonyl (C=O) groups excluding carboxylic acids is 3. The van der Waals surface area contributed by atoms with Crippen molar-refractivity contribution in [1.82, 2.24) is 0 Å². The molecule has 0 saturated heterocycles. The SMILES string of the molecule is CC/C=C\C/C=C\C/C=C\CCCC(=O)OC(COC(=O)CCCCC/C=C\CCCCCCCC)COC(=O)CCCCCC/C=C\CCCC. The van der Waals surface area contributed by atoms with E-state index in [9.17, 15) is 14.4 Å². The highest BCUT2D eigenvalue weighted by Crippen LogP contribution is 2.11. The number of rotatable bonds is 37. The van der Waals surface area contributed by atoms with E-state index in [4.69, 9.17) is 14.2 Å². The summed E-state index contributed by atoms with van der Waals surface area (Å²) in [7, 11) is 0. The molecule has 0 radical (unpaired) electrons. The van der Waals surface area contributed by atoms with Crippen molar-refractivity contribution in [3.63, 3.8) is 0 Å². The average Bonchev–Trinajstić information content (AvgIpc) is 3.14. The molecule has 0 aromatic rings. The number of ether oxygens (including phenoxy) is 3. The number of esters is 3. The molecule has 0 aromatic carbocycles. The zero-order valence-electron chi connectivity index (χ0n) is 33.8. The van der Waals surface area contributed by atoms with Gasteiger partial charge in [0.15, 0.2) is 6.10 Å².